The molecule has 1 rings (SSSR count). The molecular formula is C7H8NNaO4S2. The average Bonchev–Trinajstić information content (AvgIpc) is 2.53. The largest absolute Gasteiger partial charge is 1.00 e. The van der Waals surface area contributed by atoms with Crippen LogP contribution in [0.4, 0.5) is 0 Å². The Kier molecular flexibility index (Phi) is 6.65. The smallest absolute Gasteiger partial charge is 0.748 e. The van der Waals surface area contributed by atoms with Crippen molar-refractivity contribution >= 4 is 27.4 Å². The molecule has 0 aliphatic carbocycles. The summed E-state index contributed by atoms with van der Waals surface area (Å²) < 4.78 is 30.6. The maximum absolute atomic E-state index is 11.2. The van der Waals surface area contributed by atoms with E-state index in [0.717, 1.165) is 0 Å². The second-order valence-electron chi connectivity index (χ2n) is 2.50. The van der Waals surface area contributed by atoms with Gasteiger partial charge in [-0.3, -0.25) is 4.79 Å². The Morgan fingerprint density at radius 2 is 2.20 bits per heavy atom. The van der Waals surface area contributed by atoms with E-state index >= 15 is 0 Å². The van der Waals surface area contributed by atoms with Crippen LogP contribution in [0, 0.1) is 0 Å². The number of carbonyl (C=O) groups is 1. The topological polar surface area (TPSA) is 86.3 Å². The molecule has 0 bridgehead atoms. The van der Waals surface area contributed by atoms with Crippen molar-refractivity contribution in [2.24, 2.45) is 0 Å². The van der Waals surface area contributed by atoms with Gasteiger partial charge in [-0.25, -0.2) is 8.42 Å². The van der Waals surface area contributed by atoms with Crippen molar-refractivity contribution in [1.82, 2.24) is 5.32 Å². The SMILES string of the molecule is O=C(NCCS(=O)(=O)[O-])c1cccs1.[Na+]. The number of rotatable bonds is 4. The first-order valence-electron chi connectivity index (χ1n) is 3.74. The van der Waals surface area contributed by atoms with Crippen molar-refractivity contribution in [2.75, 3.05) is 12.3 Å². The molecule has 78 valence electrons. The monoisotopic (exact) mass is 257 g/mol. The third kappa shape index (κ3) is 6.29. The molecule has 1 aromatic rings. The summed E-state index contributed by atoms with van der Waals surface area (Å²) in [4.78, 5) is 11.7. The number of amides is 1. The Morgan fingerprint density at radius 3 is 2.67 bits per heavy atom. The fourth-order valence-electron chi connectivity index (χ4n) is 0.784. The summed E-state index contributed by atoms with van der Waals surface area (Å²) in [5, 5.41) is 4.07. The van der Waals surface area contributed by atoms with E-state index < -0.39 is 15.9 Å². The van der Waals surface area contributed by atoms with Crippen LogP contribution in [0.1, 0.15) is 9.67 Å². The second-order valence-corrected chi connectivity index (χ2v) is 4.97. The number of nitrogens with one attached hydrogen (secondary N) is 1. The van der Waals surface area contributed by atoms with Gasteiger partial charge in [0.2, 0.25) is 0 Å². The summed E-state index contributed by atoms with van der Waals surface area (Å²) in [6, 6.07) is 3.33. The molecule has 0 aliphatic rings. The van der Waals surface area contributed by atoms with Crippen molar-refractivity contribution in [3.63, 3.8) is 0 Å². The molecule has 0 atom stereocenters. The van der Waals surface area contributed by atoms with Crippen molar-refractivity contribution in [3.8, 4) is 0 Å². The van der Waals surface area contributed by atoms with E-state index in [0.29, 0.717) is 4.88 Å². The fraction of sp³-hybridized carbons (Fsp3) is 0.286. The predicted molar refractivity (Wildman–Crippen MR) is 51.2 cm³/mol. The number of hydrogen-bond acceptors (Lipinski definition) is 5. The quantitative estimate of drug-likeness (QED) is 0.461. The van der Waals surface area contributed by atoms with Gasteiger partial charge in [-0.1, -0.05) is 6.07 Å². The molecule has 1 aromatic heterocycles. The maximum atomic E-state index is 11.2. The second kappa shape index (κ2) is 6.62. The van der Waals surface area contributed by atoms with Gasteiger partial charge < -0.3 is 9.87 Å². The zero-order valence-corrected chi connectivity index (χ0v) is 11.7. The standard InChI is InChI=1S/C7H9NO4S2.Na/c9-7(6-2-1-4-13-6)8-3-5-14(10,11)12;/h1-2,4H,3,5H2,(H,8,9)(H,10,11,12);/q;+1/p-1. The molecule has 0 radical (unpaired) electrons. The molecule has 0 aliphatic heterocycles. The molecule has 1 amide bonds. The normalized spacial score (nSPS) is 10.5. The third-order valence-electron chi connectivity index (χ3n) is 1.38. The number of thiophene rings is 1. The zero-order chi connectivity index (χ0) is 10.6. The van der Waals surface area contributed by atoms with E-state index in [4.69, 9.17) is 0 Å². The van der Waals surface area contributed by atoms with Gasteiger partial charge in [-0.15, -0.1) is 11.3 Å². The molecule has 8 heteroatoms. The number of carbonyl (C=O) groups excluding carboxylic acids is 1. The molecule has 15 heavy (non-hydrogen) atoms. The van der Waals surface area contributed by atoms with Crippen LogP contribution in [-0.2, 0) is 10.1 Å². The molecule has 0 aromatic carbocycles. The Bertz CT molecular complexity index is 401. The number of hydrogen-bond donors (Lipinski definition) is 1. The summed E-state index contributed by atoms with van der Waals surface area (Å²) in [5.74, 6) is -0.937. The van der Waals surface area contributed by atoms with Gasteiger partial charge in [-0.2, -0.15) is 0 Å². The fourth-order valence-corrected chi connectivity index (χ4v) is 1.78. The molecule has 0 fully saturated rings. The van der Waals surface area contributed by atoms with E-state index in [1.807, 2.05) is 0 Å². The molecule has 5 nitrogen and oxygen atoms in total. The third-order valence-corrected chi connectivity index (χ3v) is 2.96. The Morgan fingerprint density at radius 1 is 1.53 bits per heavy atom. The van der Waals surface area contributed by atoms with Gasteiger partial charge in [0.15, 0.2) is 0 Å². The van der Waals surface area contributed by atoms with Crippen LogP contribution in [0.2, 0.25) is 0 Å². The molecule has 0 spiro atoms. The molecular weight excluding hydrogens is 249 g/mol. The minimum absolute atomic E-state index is 0. The van der Waals surface area contributed by atoms with Crippen LogP contribution in [-0.4, -0.2) is 31.2 Å². The summed E-state index contributed by atoms with van der Waals surface area (Å²) in [6.07, 6.45) is 0. The first kappa shape index (κ1) is 15.1. The van der Waals surface area contributed by atoms with Crippen LogP contribution in [0.15, 0.2) is 17.5 Å². The van der Waals surface area contributed by atoms with Gasteiger partial charge in [-0.05, 0) is 11.4 Å². The van der Waals surface area contributed by atoms with Crippen molar-refractivity contribution in [1.29, 1.82) is 0 Å². The summed E-state index contributed by atoms with van der Waals surface area (Å²) in [6.45, 7) is -0.150. The first-order chi connectivity index (χ1) is 6.49. The van der Waals surface area contributed by atoms with Gasteiger partial charge in [0.25, 0.3) is 5.91 Å². The summed E-state index contributed by atoms with van der Waals surface area (Å²) >= 11 is 1.25. The van der Waals surface area contributed by atoms with Crippen LogP contribution in [0.25, 0.3) is 0 Å². The molecule has 1 heterocycles. The van der Waals surface area contributed by atoms with Crippen molar-refractivity contribution in [2.45, 2.75) is 0 Å². The van der Waals surface area contributed by atoms with Crippen LogP contribution in [0.5, 0.6) is 0 Å². The van der Waals surface area contributed by atoms with Crippen LogP contribution in [0.3, 0.4) is 0 Å². The van der Waals surface area contributed by atoms with E-state index in [2.05, 4.69) is 5.32 Å². The van der Waals surface area contributed by atoms with Crippen LogP contribution < -0.4 is 34.9 Å². The minimum atomic E-state index is -4.25. The van der Waals surface area contributed by atoms with E-state index in [-0.39, 0.29) is 42.0 Å². The van der Waals surface area contributed by atoms with Gasteiger partial charge in [0.05, 0.1) is 20.7 Å². The molecule has 0 saturated heterocycles. The maximum Gasteiger partial charge on any atom is 1.00 e. The van der Waals surface area contributed by atoms with Gasteiger partial charge in [0.1, 0.15) is 0 Å². The van der Waals surface area contributed by atoms with Crippen LogP contribution >= 0.6 is 11.3 Å². The molecule has 0 unspecified atom stereocenters. The Labute approximate surface area is 114 Å². The van der Waals surface area contributed by atoms with Gasteiger partial charge in [0, 0.05) is 6.54 Å². The van der Waals surface area contributed by atoms with E-state index in [1.165, 1.54) is 11.3 Å². The van der Waals surface area contributed by atoms with Crippen molar-refractivity contribution in [3.05, 3.63) is 22.4 Å². The van der Waals surface area contributed by atoms with E-state index in [1.54, 1.807) is 17.5 Å². The first-order valence-corrected chi connectivity index (χ1v) is 6.20. The molecule has 1 N–H and O–H groups in total. The molecule has 0 saturated carbocycles. The Balaban J connectivity index is 0.00000196. The predicted octanol–water partition coefficient (Wildman–Crippen LogP) is -2.97. The van der Waals surface area contributed by atoms with Gasteiger partial charge >= 0.3 is 29.6 Å². The van der Waals surface area contributed by atoms with E-state index in [9.17, 15) is 17.8 Å². The zero-order valence-electron chi connectivity index (χ0n) is 8.10. The minimum Gasteiger partial charge on any atom is -0.748 e. The summed E-state index contributed by atoms with van der Waals surface area (Å²) in [7, 11) is -4.25. The Hall–Kier alpha value is 0.0800. The average molecular weight is 257 g/mol. The van der Waals surface area contributed by atoms with Crippen molar-refractivity contribution < 1.29 is 47.3 Å². The summed E-state index contributed by atoms with van der Waals surface area (Å²) in [5.41, 5.74) is 0.